The summed E-state index contributed by atoms with van der Waals surface area (Å²) in [6.45, 7) is 1.02. The van der Waals surface area contributed by atoms with Crippen LogP contribution in [0.1, 0.15) is 23.2 Å². The number of hydrogen-bond donors (Lipinski definition) is 1. The highest BCUT2D eigenvalue weighted by Crippen LogP contribution is 2.27. The molecule has 2 amide bonds. The normalized spacial score (nSPS) is 16.4. The molecule has 28 heavy (non-hydrogen) atoms. The van der Waals surface area contributed by atoms with Crippen molar-refractivity contribution in [2.45, 2.75) is 12.8 Å². The highest BCUT2D eigenvalue weighted by atomic mass is 35.5. The second kappa shape index (κ2) is 8.97. The lowest BCUT2D eigenvalue weighted by Gasteiger charge is -2.32. The molecule has 1 fully saturated rings. The number of rotatable bonds is 5. The Bertz CT molecular complexity index is 832. The molecule has 2 aromatic carbocycles. The van der Waals surface area contributed by atoms with Crippen LogP contribution in [0.2, 0.25) is 5.02 Å². The number of piperidine rings is 1. The van der Waals surface area contributed by atoms with Gasteiger partial charge in [0.1, 0.15) is 11.5 Å². The summed E-state index contributed by atoms with van der Waals surface area (Å²) < 4.78 is 10.5. The summed E-state index contributed by atoms with van der Waals surface area (Å²) in [5.41, 5.74) is 1.17. The van der Waals surface area contributed by atoms with Crippen molar-refractivity contribution in [2.24, 2.45) is 5.92 Å². The van der Waals surface area contributed by atoms with E-state index in [4.69, 9.17) is 21.1 Å². The second-order valence-corrected chi connectivity index (χ2v) is 7.12. The number of nitrogens with one attached hydrogen (secondary N) is 1. The number of methoxy groups -OCH3 is 2. The Morgan fingerprint density at radius 3 is 2.32 bits per heavy atom. The molecule has 0 radical (unpaired) electrons. The van der Waals surface area contributed by atoms with E-state index in [1.54, 1.807) is 61.6 Å². The summed E-state index contributed by atoms with van der Waals surface area (Å²) in [5.74, 6) is 0.707. The van der Waals surface area contributed by atoms with Crippen molar-refractivity contribution in [2.75, 3.05) is 32.6 Å². The predicted octanol–water partition coefficient (Wildman–Crippen LogP) is 3.85. The van der Waals surface area contributed by atoms with Gasteiger partial charge in [-0.15, -0.1) is 0 Å². The summed E-state index contributed by atoms with van der Waals surface area (Å²) in [6.07, 6.45) is 1.51. The van der Waals surface area contributed by atoms with Crippen LogP contribution in [0.3, 0.4) is 0 Å². The third kappa shape index (κ3) is 4.75. The topological polar surface area (TPSA) is 67.9 Å². The lowest BCUT2D eigenvalue weighted by Crippen LogP contribution is -2.43. The van der Waals surface area contributed by atoms with Crippen LogP contribution in [0.5, 0.6) is 11.5 Å². The van der Waals surface area contributed by atoms with Crippen LogP contribution in [0.4, 0.5) is 5.69 Å². The molecule has 0 aliphatic carbocycles. The van der Waals surface area contributed by atoms with E-state index in [-0.39, 0.29) is 17.7 Å². The molecule has 1 N–H and O–H groups in total. The molecule has 7 heteroatoms. The Morgan fingerprint density at radius 1 is 1.07 bits per heavy atom. The summed E-state index contributed by atoms with van der Waals surface area (Å²) >= 11 is 5.89. The van der Waals surface area contributed by atoms with Crippen LogP contribution < -0.4 is 14.8 Å². The lowest BCUT2D eigenvalue weighted by atomic mass is 9.96. The van der Waals surface area contributed by atoms with E-state index in [1.807, 2.05) is 0 Å². The Kier molecular flexibility index (Phi) is 6.41. The quantitative estimate of drug-likeness (QED) is 0.824. The van der Waals surface area contributed by atoms with E-state index in [9.17, 15) is 9.59 Å². The molecule has 1 aliphatic rings. The number of nitrogens with zero attached hydrogens (tertiary/aromatic N) is 1. The molecule has 1 atom stereocenters. The van der Waals surface area contributed by atoms with E-state index in [0.29, 0.717) is 40.9 Å². The van der Waals surface area contributed by atoms with Crippen molar-refractivity contribution in [1.82, 2.24) is 4.90 Å². The van der Waals surface area contributed by atoms with Crippen LogP contribution in [0.15, 0.2) is 42.5 Å². The molecule has 0 bridgehead atoms. The molecule has 2 aromatic rings. The van der Waals surface area contributed by atoms with Gasteiger partial charge in [-0.05, 0) is 37.1 Å². The fraction of sp³-hybridized carbons (Fsp3) is 0.333. The van der Waals surface area contributed by atoms with Crippen LogP contribution in [0, 0.1) is 5.92 Å². The van der Waals surface area contributed by atoms with Gasteiger partial charge >= 0.3 is 0 Å². The first-order chi connectivity index (χ1) is 13.5. The fourth-order valence-corrected chi connectivity index (χ4v) is 3.40. The van der Waals surface area contributed by atoms with Crippen molar-refractivity contribution in [3.63, 3.8) is 0 Å². The summed E-state index contributed by atoms with van der Waals surface area (Å²) in [7, 11) is 3.11. The smallest absolute Gasteiger partial charge is 0.253 e. The number of likely N-dealkylation sites (tertiary alicyclic amines) is 1. The van der Waals surface area contributed by atoms with E-state index in [0.717, 1.165) is 12.8 Å². The molecular weight excluding hydrogens is 380 g/mol. The zero-order valence-electron chi connectivity index (χ0n) is 15.9. The van der Waals surface area contributed by atoms with Crippen molar-refractivity contribution >= 4 is 29.1 Å². The van der Waals surface area contributed by atoms with E-state index >= 15 is 0 Å². The first-order valence-electron chi connectivity index (χ1n) is 9.09. The third-order valence-corrected chi connectivity index (χ3v) is 5.04. The number of hydrogen-bond acceptors (Lipinski definition) is 4. The summed E-state index contributed by atoms with van der Waals surface area (Å²) in [4.78, 5) is 27.2. The van der Waals surface area contributed by atoms with Crippen LogP contribution >= 0.6 is 11.6 Å². The summed E-state index contributed by atoms with van der Waals surface area (Å²) in [6, 6.07) is 12.0. The molecule has 1 saturated heterocycles. The van der Waals surface area contributed by atoms with Crippen LogP contribution in [-0.4, -0.2) is 44.0 Å². The van der Waals surface area contributed by atoms with Gasteiger partial charge in [0.15, 0.2) is 0 Å². The van der Waals surface area contributed by atoms with Gasteiger partial charge in [-0.3, -0.25) is 9.59 Å². The molecule has 0 saturated carbocycles. The minimum atomic E-state index is -0.276. The van der Waals surface area contributed by atoms with Crippen molar-refractivity contribution < 1.29 is 19.1 Å². The van der Waals surface area contributed by atoms with Crippen molar-refractivity contribution in [3.05, 3.63) is 53.1 Å². The fourth-order valence-electron chi connectivity index (χ4n) is 3.27. The zero-order chi connectivity index (χ0) is 20.1. The second-order valence-electron chi connectivity index (χ2n) is 6.69. The number of carbonyl (C=O) groups excluding carboxylic acids is 2. The molecule has 0 unspecified atom stereocenters. The summed E-state index contributed by atoms with van der Waals surface area (Å²) in [5, 5.41) is 3.50. The molecule has 3 rings (SSSR count). The number of ether oxygens (including phenoxy) is 2. The van der Waals surface area contributed by atoms with Gasteiger partial charge < -0.3 is 19.7 Å². The first kappa shape index (κ1) is 20.0. The standard InChI is InChI=1S/C21H23ClN2O4/c1-27-18-10-17(11-19(12-18)28-2)23-20(25)15-4-3-9-24(13-15)21(26)14-5-7-16(22)8-6-14/h5-8,10-12,15H,3-4,9,13H2,1-2H3,(H,23,25)/t15-/m0/s1. The average Bonchev–Trinajstić information content (AvgIpc) is 2.73. The number of halogens is 1. The highest BCUT2D eigenvalue weighted by molar-refractivity contribution is 6.30. The third-order valence-electron chi connectivity index (χ3n) is 4.79. The number of carbonyl (C=O) groups is 2. The van der Waals surface area contributed by atoms with Gasteiger partial charge in [-0.25, -0.2) is 0 Å². The number of benzene rings is 2. The van der Waals surface area contributed by atoms with Crippen LogP contribution in [-0.2, 0) is 4.79 Å². The Hall–Kier alpha value is -2.73. The molecule has 6 nitrogen and oxygen atoms in total. The van der Waals surface area contributed by atoms with Gasteiger partial charge in [0.05, 0.1) is 20.1 Å². The van der Waals surface area contributed by atoms with Crippen molar-refractivity contribution in [1.29, 1.82) is 0 Å². The van der Waals surface area contributed by atoms with Gasteiger partial charge in [-0.2, -0.15) is 0 Å². The van der Waals surface area contributed by atoms with Gasteiger partial charge in [0, 0.05) is 47.6 Å². The highest BCUT2D eigenvalue weighted by Gasteiger charge is 2.29. The Balaban J connectivity index is 1.67. The van der Waals surface area contributed by atoms with E-state index in [2.05, 4.69) is 5.32 Å². The lowest BCUT2D eigenvalue weighted by molar-refractivity contribution is -0.121. The van der Waals surface area contributed by atoms with Crippen molar-refractivity contribution in [3.8, 4) is 11.5 Å². The molecular formula is C21H23ClN2O4. The minimum Gasteiger partial charge on any atom is -0.497 e. The van der Waals surface area contributed by atoms with Gasteiger partial charge in [0.25, 0.3) is 5.91 Å². The monoisotopic (exact) mass is 402 g/mol. The maximum Gasteiger partial charge on any atom is 0.253 e. The maximum absolute atomic E-state index is 12.8. The molecule has 1 aliphatic heterocycles. The molecule has 0 aromatic heterocycles. The predicted molar refractivity (Wildman–Crippen MR) is 108 cm³/mol. The van der Waals surface area contributed by atoms with Gasteiger partial charge in [-0.1, -0.05) is 11.6 Å². The Morgan fingerprint density at radius 2 is 1.71 bits per heavy atom. The SMILES string of the molecule is COc1cc(NC(=O)[C@H]2CCCN(C(=O)c3ccc(Cl)cc3)C2)cc(OC)c1. The molecule has 0 spiro atoms. The number of anilines is 1. The van der Waals surface area contributed by atoms with E-state index < -0.39 is 0 Å². The number of amides is 2. The first-order valence-corrected chi connectivity index (χ1v) is 9.46. The van der Waals surface area contributed by atoms with Gasteiger partial charge in [0.2, 0.25) is 5.91 Å². The largest absolute Gasteiger partial charge is 0.497 e. The molecule has 148 valence electrons. The van der Waals surface area contributed by atoms with E-state index in [1.165, 1.54) is 0 Å². The zero-order valence-corrected chi connectivity index (χ0v) is 16.7. The average molecular weight is 403 g/mol. The maximum atomic E-state index is 12.8. The van der Waals surface area contributed by atoms with Crippen LogP contribution in [0.25, 0.3) is 0 Å². The Labute approximate surface area is 169 Å². The molecule has 1 heterocycles. The minimum absolute atomic E-state index is 0.0859.